The fourth-order valence-corrected chi connectivity index (χ4v) is 4.97. The van der Waals surface area contributed by atoms with Crippen molar-refractivity contribution in [2.75, 3.05) is 19.4 Å². The Hall–Kier alpha value is -1.70. The zero-order chi connectivity index (χ0) is 20.8. The van der Waals surface area contributed by atoms with Crippen molar-refractivity contribution in [1.82, 2.24) is 0 Å². The van der Waals surface area contributed by atoms with Crippen molar-refractivity contribution in [2.45, 2.75) is 43.9 Å². The molecule has 2 aliphatic rings. The first-order valence-electron chi connectivity index (χ1n) is 9.80. The van der Waals surface area contributed by atoms with E-state index in [2.05, 4.69) is 19.4 Å². The SMILES string of the molecule is C[N+]1(C)C2CCC1CC(OC(=O)Nc1cccc(F)c1-c1ccc(F)c(Cl)c1)C2.[Br-]. The van der Waals surface area contributed by atoms with Gasteiger partial charge < -0.3 is 26.2 Å². The minimum absolute atomic E-state index is 0. The number of benzene rings is 2. The van der Waals surface area contributed by atoms with Gasteiger partial charge >= 0.3 is 6.09 Å². The zero-order valence-corrected chi connectivity index (χ0v) is 19.1. The van der Waals surface area contributed by atoms with Gasteiger partial charge in [-0.15, -0.1) is 0 Å². The van der Waals surface area contributed by atoms with Crippen LogP contribution in [0.1, 0.15) is 25.7 Å². The van der Waals surface area contributed by atoms with Crippen molar-refractivity contribution in [1.29, 1.82) is 0 Å². The molecule has 0 radical (unpaired) electrons. The van der Waals surface area contributed by atoms with Gasteiger partial charge in [0.25, 0.3) is 0 Å². The van der Waals surface area contributed by atoms with E-state index in [0.717, 1.165) is 30.2 Å². The van der Waals surface area contributed by atoms with Crippen molar-refractivity contribution < 1.29 is 39.8 Å². The minimum Gasteiger partial charge on any atom is -1.00 e. The first-order valence-corrected chi connectivity index (χ1v) is 10.2. The van der Waals surface area contributed by atoms with Gasteiger partial charge in [-0.2, -0.15) is 0 Å². The van der Waals surface area contributed by atoms with Crippen LogP contribution in [0, 0.1) is 11.6 Å². The van der Waals surface area contributed by atoms with E-state index in [9.17, 15) is 13.6 Å². The van der Waals surface area contributed by atoms with E-state index in [-0.39, 0.29) is 39.4 Å². The van der Waals surface area contributed by atoms with E-state index in [1.54, 1.807) is 6.07 Å². The lowest BCUT2D eigenvalue weighted by Gasteiger charge is -2.43. The number of halogens is 4. The number of carbonyl (C=O) groups is 1. The molecule has 1 amide bonds. The average Bonchev–Trinajstić information content (AvgIpc) is 2.82. The molecule has 2 aliphatic heterocycles. The van der Waals surface area contributed by atoms with E-state index in [1.165, 1.54) is 30.3 Å². The highest BCUT2D eigenvalue weighted by Crippen LogP contribution is 2.40. The van der Waals surface area contributed by atoms with Crippen LogP contribution in [-0.4, -0.2) is 42.9 Å². The maximum atomic E-state index is 14.5. The van der Waals surface area contributed by atoms with Crippen LogP contribution in [0.5, 0.6) is 0 Å². The van der Waals surface area contributed by atoms with E-state index in [1.807, 2.05) is 0 Å². The van der Waals surface area contributed by atoms with Crippen LogP contribution in [0.2, 0.25) is 5.02 Å². The van der Waals surface area contributed by atoms with Crippen molar-refractivity contribution in [2.24, 2.45) is 0 Å². The monoisotopic (exact) mass is 500 g/mol. The molecule has 8 heteroatoms. The van der Waals surface area contributed by atoms with Gasteiger partial charge in [0.2, 0.25) is 0 Å². The van der Waals surface area contributed by atoms with Gasteiger partial charge in [0.05, 0.1) is 36.9 Å². The third kappa shape index (κ3) is 4.34. The number of carbonyl (C=O) groups excluding carboxylic acids is 1. The molecule has 2 aromatic carbocycles. The van der Waals surface area contributed by atoms with Crippen molar-refractivity contribution in [3.63, 3.8) is 0 Å². The lowest BCUT2D eigenvalue weighted by molar-refractivity contribution is -0.931. The van der Waals surface area contributed by atoms with Gasteiger partial charge in [-0.3, -0.25) is 5.32 Å². The molecular weight excluding hydrogens is 478 g/mol. The fraction of sp³-hybridized carbons (Fsp3) is 0.409. The molecule has 4 nitrogen and oxygen atoms in total. The molecule has 4 rings (SSSR count). The van der Waals surface area contributed by atoms with Crippen LogP contribution >= 0.6 is 11.6 Å². The van der Waals surface area contributed by atoms with Gasteiger partial charge in [0, 0.05) is 31.2 Å². The van der Waals surface area contributed by atoms with Gasteiger partial charge in [0.1, 0.15) is 17.7 Å². The summed E-state index contributed by atoms with van der Waals surface area (Å²) in [4.78, 5) is 12.5. The molecule has 1 N–H and O–H groups in total. The normalized spacial score (nSPS) is 24.1. The number of fused-ring (bicyclic) bond motifs is 2. The largest absolute Gasteiger partial charge is 1.00 e. The van der Waals surface area contributed by atoms with E-state index < -0.39 is 17.7 Å². The summed E-state index contributed by atoms with van der Waals surface area (Å²) in [6.07, 6.45) is 3.22. The fourth-order valence-electron chi connectivity index (χ4n) is 4.79. The molecule has 2 unspecified atom stereocenters. The topological polar surface area (TPSA) is 38.3 Å². The second-order valence-corrected chi connectivity index (χ2v) is 8.84. The number of rotatable bonds is 3. The van der Waals surface area contributed by atoms with Crippen LogP contribution in [0.15, 0.2) is 36.4 Å². The summed E-state index contributed by atoms with van der Waals surface area (Å²) in [6.45, 7) is 0. The predicted octanol–water partition coefficient (Wildman–Crippen LogP) is 2.61. The molecule has 2 fully saturated rings. The maximum absolute atomic E-state index is 14.5. The van der Waals surface area contributed by atoms with E-state index >= 15 is 0 Å². The molecule has 2 aromatic rings. The second kappa shape index (κ2) is 8.81. The Morgan fingerprint density at radius 3 is 2.40 bits per heavy atom. The predicted molar refractivity (Wildman–Crippen MR) is 109 cm³/mol. The maximum Gasteiger partial charge on any atom is 0.411 e. The Balaban J connectivity index is 0.00000256. The van der Waals surface area contributed by atoms with Crippen LogP contribution in [-0.2, 0) is 4.74 Å². The summed E-state index contributed by atoms with van der Waals surface area (Å²) in [5.74, 6) is -1.13. The third-order valence-corrected chi connectivity index (χ3v) is 6.81. The standard InChI is InChI=1S/C22H23ClF2N2O2.BrH/c1-27(2)14-7-8-15(27)12-16(11-14)29-22(28)26-20-5-3-4-19(25)21(20)13-6-9-18(24)17(23)10-13;/h3-6,9-10,14-16H,7-8,11-12H2,1-2H3;1H. The number of piperidine rings is 1. The highest BCUT2D eigenvalue weighted by Gasteiger charge is 2.49. The Morgan fingerprint density at radius 1 is 1.10 bits per heavy atom. The number of amides is 1. The molecule has 0 saturated carbocycles. The van der Waals surface area contributed by atoms with Crippen molar-refractivity contribution in [3.8, 4) is 11.1 Å². The van der Waals surface area contributed by atoms with Gasteiger partial charge in [-0.25, -0.2) is 13.6 Å². The van der Waals surface area contributed by atoms with E-state index in [4.69, 9.17) is 16.3 Å². The Morgan fingerprint density at radius 2 is 1.77 bits per heavy atom. The van der Waals surface area contributed by atoms with E-state index in [0.29, 0.717) is 17.6 Å². The first kappa shape index (κ1) is 23.0. The molecule has 0 aromatic heterocycles. The molecule has 0 spiro atoms. The summed E-state index contributed by atoms with van der Waals surface area (Å²) >= 11 is 5.85. The number of nitrogens with zero attached hydrogens (tertiary/aromatic N) is 1. The lowest BCUT2D eigenvalue weighted by Crippen LogP contribution is -3.00. The molecule has 2 saturated heterocycles. The molecule has 30 heavy (non-hydrogen) atoms. The molecule has 2 bridgehead atoms. The van der Waals surface area contributed by atoms with Crippen molar-refractivity contribution in [3.05, 3.63) is 53.1 Å². The quantitative estimate of drug-likeness (QED) is 0.657. The third-order valence-electron chi connectivity index (χ3n) is 6.52. The summed E-state index contributed by atoms with van der Waals surface area (Å²) in [5.41, 5.74) is 0.778. The number of anilines is 1. The summed E-state index contributed by atoms with van der Waals surface area (Å²) in [7, 11) is 4.48. The smallest absolute Gasteiger partial charge is 0.411 e. The number of quaternary nitrogens is 1. The minimum atomic E-state index is -0.610. The Kier molecular flexibility index (Phi) is 6.75. The highest BCUT2D eigenvalue weighted by atomic mass is 79.9. The Bertz CT molecular complexity index is 941. The van der Waals surface area contributed by atoms with Crippen molar-refractivity contribution >= 4 is 23.4 Å². The van der Waals surface area contributed by atoms with Crippen LogP contribution in [0.25, 0.3) is 11.1 Å². The molecule has 2 heterocycles. The zero-order valence-electron chi connectivity index (χ0n) is 16.8. The molecule has 2 atom stereocenters. The number of hydrogen-bond donors (Lipinski definition) is 1. The molecule has 162 valence electrons. The average molecular weight is 502 g/mol. The Labute approximate surface area is 190 Å². The van der Waals surface area contributed by atoms with Gasteiger partial charge in [-0.05, 0) is 29.8 Å². The second-order valence-electron chi connectivity index (χ2n) is 8.43. The van der Waals surface area contributed by atoms with Gasteiger partial charge in [0.15, 0.2) is 0 Å². The van der Waals surface area contributed by atoms with Crippen LogP contribution < -0.4 is 22.3 Å². The van der Waals surface area contributed by atoms with Crippen LogP contribution in [0.4, 0.5) is 19.3 Å². The first-order chi connectivity index (χ1) is 13.8. The molecule has 0 aliphatic carbocycles. The van der Waals surface area contributed by atoms with Gasteiger partial charge in [-0.1, -0.05) is 23.7 Å². The summed E-state index contributed by atoms with van der Waals surface area (Å²) in [6, 6.07) is 9.29. The summed E-state index contributed by atoms with van der Waals surface area (Å²) in [5, 5.41) is 2.55. The number of hydrogen-bond acceptors (Lipinski definition) is 2. The molecular formula is C22H24BrClF2N2O2. The lowest BCUT2D eigenvalue weighted by atomic mass is 9.98. The van der Waals surface area contributed by atoms with Crippen LogP contribution in [0.3, 0.4) is 0 Å². The highest BCUT2D eigenvalue weighted by molar-refractivity contribution is 6.31. The number of nitrogens with one attached hydrogen (secondary N) is 1. The summed E-state index contributed by atoms with van der Waals surface area (Å²) < 4.78 is 34.7. The number of ether oxygens (including phenoxy) is 1.